The molecule has 0 aliphatic carbocycles. The molecule has 1 aromatic carbocycles. The molecule has 0 aliphatic heterocycles. The summed E-state index contributed by atoms with van der Waals surface area (Å²) in [6, 6.07) is 8.94. The van der Waals surface area contributed by atoms with Crippen LogP contribution in [0.25, 0.3) is 0 Å². The third kappa shape index (κ3) is 3.15. The fraction of sp³-hybridized carbons (Fsp3) is 0.214. The monoisotopic (exact) mass is 308 g/mol. The van der Waals surface area contributed by atoms with Crippen molar-refractivity contribution in [1.82, 2.24) is 10.3 Å². The molecule has 0 saturated carbocycles. The average Bonchev–Trinajstić information content (AvgIpc) is 2.41. The molecule has 1 unspecified atom stereocenters. The lowest BCUT2D eigenvalue weighted by atomic mass is 10.00. The predicted octanol–water partition coefficient (Wildman–Crippen LogP) is 3.49. The topological polar surface area (TPSA) is 24.9 Å². The normalized spacial score (nSPS) is 12.4. The number of benzene rings is 1. The highest BCUT2D eigenvalue weighted by molar-refractivity contribution is 9.10. The second-order valence-electron chi connectivity index (χ2n) is 4.07. The Hall–Kier alpha value is -1.26. The van der Waals surface area contributed by atoms with E-state index in [2.05, 4.69) is 26.2 Å². The van der Waals surface area contributed by atoms with Gasteiger partial charge in [0.1, 0.15) is 5.82 Å². The van der Waals surface area contributed by atoms with Gasteiger partial charge in [0.15, 0.2) is 0 Å². The summed E-state index contributed by atoms with van der Waals surface area (Å²) in [6.45, 7) is 0. The zero-order valence-electron chi connectivity index (χ0n) is 10.0. The van der Waals surface area contributed by atoms with E-state index in [-0.39, 0.29) is 11.9 Å². The first-order chi connectivity index (χ1) is 8.70. The van der Waals surface area contributed by atoms with Crippen LogP contribution in [0.3, 0.4) is 0 Å². The van der Waals surface area contributed by atoms with Gasteiger partial charge in [-0.05, 0) is 48.9 Å². The number of hydrogen-bond donors (Lipinski definition) is 1. The summed E-state index contributed by atoms with van der Waals surface area (Å²) >= 11 is 3.36. The number of nitrogens with one attached hydrogen (secondary N) is 1. The molecule has 18 heavy (non-hydrogen) atoms. The van der Waals surface area contributed by atoms with Crippen molar-refractivity contribution in [2.24, 2.45) is 0 Å². The fourth-order valence-corrected chi connectivity index (χ4v) is 2.30. The van der Waals surface area contributed by atoms with Crippen LogP contribution in [0.4, 0.5) is 4.39 Å². The van der Waals surface area contributed by atoms with Gasteiger partial charge in [0.25, 0.3) is 0 Å². The largest absolute Gasteiger partial charge is 0.313 e. The quantitative estimate of drug-likeness (QED) is 0.935. The van der Waals surface area contributed by atoms with Crippen LogP contribution in [0.2, 0.25) is 0 Å². The van der Waals surface area contributed by atoms with Gasteiger partial charge in [-0.3, -0.25) is 4.98 Å². The molecule has 0 amide bonds. The maximum absolute atomic E-state index is 13.7. The molecule has 1 heterocycles. The standard InChI is InChI=1S/C14H14BrFN2/c1-17-14(10-3-2-6-18-9-10)8-11-7-12(15)4-5-13(11)16/h2-7,9,14,17H,8H2,1H3. The van der Waals surface area contributed by atoms with E-state index < -0.39 is 0 Å². The van der Waals surface area contributed by atoms with Crippen LogP contribution < -0.4 is 5.32 Å². The Labute approximate surface area is 114 Å². The maximum atomic E-state index is 13.7. The van der Waals surface area contributed by atoms with E-state index in [1.54, 1.807) is 18.5 Å². The summed E-state index contributed by atoms with van der Waals surface area (Å²) in [6.07, 6.45) is 4.13. The summed E-state index contributed by atoms with van der Waals surface area (Å²) in [4.78, 5) is 4.09. The molecule has 0 aliphatic rings. The third-order valence-electron chi connectivity index (χ3n) is 2.87. The van der Waals surface area contributed by atoms with Crippen molar-refractivity contribution in [2.45, 2.75) is 12.5 Å². The van der Waals surface area contributed by atoms with Crippen molar-refractivity contribution in [3.8, 4) is 0 Å². The smallest absolute Gasteiger partial charge is 0.126 e. The first-order valence-electron chi connectivity index (χ1n) is 5.72. The fourth-order valence-electron chi connectivity index (χ4n) is 1.89. The lowest BCUT2D eigenvalue weighted by molar-refractivity contribution is 0.553. The summed E-state index contributed by atoms with van der Waals surface area (Å²) in [5.74, 6) is -0.178. The van der Waals surface area contributed by atoms with Crippen LogP contribution in [0.1, 0.15) is 17.2 Å². The Morgan fingerprint density at radius 2 is 2.22 bits per heavy atom. The molecule has 0 fully saturated rings. The molecule has 0 bridgehead atoms. The predicted molar refractivity (Wildman–Crippen MR) is 73.8 cm³/mol. The molecule has 1 atom stereocenters. The van der Waals surface area contributed by atoms with Gasteiger partial charge in [-0.1, -0.05) is 22.0 Å². The molecular formula is C14H14BrFN2. The van der Waals surface area contributed by atoms with E-state index >= 15 is 0 Å². The summed E-state index contributed by atoms with van der Waals surface area (Å²) in [5.41, 5.74) is 1.74. The Balaban J connectivity index is 2.23. The van der Waals surface area contributed by atoms with Crippen molar-refractivity contribution in [1.29, 1.82) is 0 Å². The number of halogens is 2. The minimum atomic E-state index is -0.178. The summed E-state index contributed by atoms with van der Waals surface area (Å²) in [7, 11) is 1.87. The number of likely N-dealkylation sites (N-methyl/N-ethyl adjacent to an activating group) is 1. The van der Waals surface area contributed by atoms with Gasteiger partial charge in [0.2, 0.25) is 0 Å². The van der Waals surface area contributed by atoms with Crippen LogP contribution in [0.15, 0.2) is 47.2 Å². The second kappa shape index (κ2) is 6.07. The van der Waals surface area contributed by atoms with Crippen molar-refractivity contribution in [3.05, 3.63) is 64.1 Å². The van der Waals surface area contributed by atoms with E-state index in [0.29, 0.717) is 12.0 Å². The average molecular weight is 309 g/mol. The SMILES string of the molecule is CNC(Cc1cc(Br)ccc1F)c1cccnc1. The van der Waals surface area contributed by atoms with E-state index in [0.717, 1.165) is 10.0 Å². The second-order valence-corrected chi connectivity index (χ2v) is 4.98. The van der Waals surface area contributed by atoms with Crippen molar-refractivity contribution in [3.63, 3.8) is 0 Å². The zero-order valence-corrected chi connectivity index (χ0v) is 11.6. The highest BCUT2D eigenvalue weighted by Crippen LogP contribution is 2.22. The number of hydrogen-bond acceptors (Lipinski definition) is 2. The van der Waals surface area contributed by atoms with E-state index in [9.17, 15) is 4.39 Å². The first-order valence-corrected chi connectivity index (χ1v) is 6.51. The number of aromatic nitrogens is 1. The van der Waals surface area contributed by atoms with Crippen molar-refractivity contribution >= 4 is 15.9 Å². The third-order valence-corrected chi connectivity index (χ3v) is 3.36. The van der Waals surface area contributed by atoms with Gasteiger partial charge in [0.05, 0.1) is 0 Å². The molecular weight excluding hydrogens is 295 g/mol. The van der Waals surface area contributed by atoms with Crippen LogP contribution in [0, 0.1) is 5.82 Å². The molecule has 2 aromatic rings. The Bertz CT molecular complexity index is 516. The summed E-state index contributed by atoms with van der Waals surface area (Å²) < 4.78 is 14.6. The highest BCUT2D eigenvalue weighted by atomic mass is 79.9. The summed E-state index contributed by atoms with van der Waals surface area (Å²) in [5, 5.41) is 3.19. The molecule has 0 spiro atoms. The minimum absolute atomic E-state index is 0.0579. The maximum Gasteiger partial charge on any atom is 0.126 e. The Morgan fingerprint density at radius 1 is 1.39 bits per heavy atom. The number of pyridine rings is 1. The molecule has 94 valence electrons. The Kier molecular flexibility index (Phi) is 4.44. The van der Waals surface area contributed by atoms with Gasteiger partial charge >= 0.3 is 0 Å². The Morgan fingerprint density at radius 3 is 2.89 bits per heavy atom. The van der Waals surface area contributed by atoms with Gasteiger partial charge in [0, 0.05) is 22.9 Å². The number of nitrogens with zero attached hydrogens (tertiary/aromatic N) is 1. The number of rotatable bonds is 4. The van der Waals surface area contributed by atoms with E-state index in [4.69, 9.17) is 0 Å². The van der Waals surface area contributed by atoms with Gasteiger partial charge in [-0.15, -0.1) is 0 Å². The van der Waals surface area contributed by atoms with Crippen molar-refractivity contribution < 1.29 is 4.39 Å². The molecule has 2 nitrogen and oxygen atoms in total. The molecule has 4 heteroatoms. The molecule has 1 N–H and O–H groups in total. The first kappa shape index (κ1) is 13.2. The van der Waals surface area contributed by atoms with Gasteiger partial charge in [-0.25, -0.2) is 4.39 Å². The van der Waals surface area contributed by atoms with Gasteiger partial charge in [-0.2, -0.15) is 0 Å². The zero-order chi connectivity index (χ0) is 13.0. The lowest BCUT2D eigenvalue weighted by Crippen LogP contribution is -2.19. The van der Waals surface area contributed by atoms with Gasteiger partial charge < -0.3 is 5.32 Å². The van der Waals surface area contributed by atoms with E-state index in [1.165, 1.54) is 6.07 Å². The molecule has 1 aromatic heterocycles. The van der Waals surface area contributed by atoms with Crippen LogP contribution in [0.5, 0.6) is 0 Å². The van der Waals surface area contributed by atoms with E-state index in [1.807, 2.05) is 25.2 Å². The molecule has 0 radical (unpaired) electrons. The van der Waals surface area contributed by atoms with Crippen molar-refractivity contribution in [2.75, 3.05) is 7.05 Å². The lowest BCUT2D eigenvalue weighted by Gasteiger charge is -2.16. The molecule has 2 rings (SSSR count). The highest BCUT2D eigenvalue weighted by Gasteiger charge is 2.13. The minimum Gasteiger partial charge on any atom is -0.313 e. The van der Waals surface area contributed by atoms with Crippen LogP contribution in [-0.4, -0.2) is 12.0 Å². The van der Waals surface area contributed by atoms with Crippen LogP contribution in [-0.2, 0) is 6.42 Å². The van der Waals surface area contributed by atoms with Crippen LogP contribution >= 0.6 is 15.9 Å². The molecule has 0 saturated heterocycles.